The van der Waals surface area contributed by atoms with E-state index in [2.05, 4.69) is 5.32 Å². The lowest BCUT2D eigenvalue weighted by Crippen LogP contribution is -2.18. The van der Waals surface area contributed by atoms with Crippen LogP contribution in [0.3, 0.4) is 0 Å². The third-order valence-electron chi connectivity index (χ3n) is 2.68. The van der Waals surface area contributed by atoms with Gasteiger partial charge in [-0.15, -0.1) is 0 Å². The highest BCUT2D eigenvalue weighted by Crippen LogP contribution is 2.29. The topological polar surface area (TPSA) is 39.7 Å². The number of rotatable bonds is 9. The first-order chi connectivity index (χ1) is 9.96. The molecule has 0 heterocycles. The lowest BCUT2D eigenvalue weighted by atomic mass is 10.2. The first-order valence-electron chi connectivity index (χ1n) is 6.52. The summed E-state index contributed by atoms with van der Waals surface area (Å²) in [7, 11) is 3.06. The molecular formula is C14H20F3NO3. The summed E-state index contributed by atoms with van der Waals surface area (Å²) in [4.78, 5) is 0. The molecule has 1 rings (SSSR count). The van der Waals surface area contributed by atoms with Gasteiger partial charge in [0.1, 0.15) is 0 Å². The van der Waals surface area contributed by atoms with Gasteiger partial charge in [-0.3, -0.25) is 0 Å². The van der Waals surface area contributed by atoms with E-state index in [1.54, 1.807) is 19.2 Å². The van der Waals surface area contributed by atoms with Crippen LogP contribution in [0.2, 0.25) is 0 Å². The van der Waals surface area contributed by atoms with E-state index in [1.807, 2.05) is 6.07 Å². The number of ether oxygens (including phenoxy) is 3. The van der Waals surface area contributed by atoms with Gasteiger partial charge in [0.2, 0.25) is 0 Å². The molecule has 1 N–H and O–H groups in total. The molecule has 0 saturated carbocycles. The van der Waals surface area contributed by atoms with Crippen LogP contribution in [0.5, 0.6) is 11.5 Å². The van der Waals surface area contributed by atoms with E-state index in [1.165, 1.54) is 7.11 Å². The van der Waals surface area contributed by atoms with Crippen molar-refractivity contribution in [3.8, 4) is 11.5 Å². The van der Waals surface area contributed by atoms with Crippen LogP contribution >= 0.6 is 0 Å². The van der Waals surface area contributed by atoms with Gasteiger partial charge in [0, 0.05) is 20.2 Å². The monoisotopic (exact) mass is 307 g/mol. The van der Waals surface area contributed by atoms with E-state index in [9.17, 15) is 13.2 Å². The van der Waals surface area contributed by atoms with Gasteiger partial charge in [-0.25, -0.2) is 0 Å². The van der Waals surface area contributed by atoms with Crippen molar-refractivity contribution in [1.29, 1.82) is 0 Å². The fraction of sp³-hybridized carbons (Fsp3) is 0.571. The van der Waals surface area contributed by atoms with Gasteiger partial charge < -0.3 is 19.5 Å². The Labute approximate surface area is 122 Å². The molecule has 21 heavy (non-hydrogen) atoms. The van der Waals surface area contributed by atoms with Crippen LogP contribution in [-0.2, 0) is 11.3 Å². The number of hydrogen-bond donors (Lipinski definition) is 1. The van der Waals surface area contributed by atoms with Crippen LogP contribution in [0, 0.1) is 0 Å². The highest BCUT2D eigenvalue weighted by Gasteiger charge is 2.27. The fourth-order valence-electron chi connectivity index (χ4n) is 1.63. The van der Waals surface area contributed by atoms with E-state index in [4.69, 9.17) is 14.2 Å². The summed E-state index contributed by atoms with van der Waals surface area (Å²) >= 11 is 0. The Balaban J connectivity index is 2.58. The third kappa shape index (κ3) is 7.19. The molecule has 0 aliphatic heterocycles. The smallest absolute Gasteiger partial charge is 0.392 e. The van der Waals surface area contributed by atoms with Crippen LogP contribution in [-0.4, -0.2) is 40.2 Å². The molecular weight excluding hydrogens is 287 g/mol. The SMILES string of the molecule is COCCNCc1ccc(OC)c(OCCC(F)(F)F)c1. The van der Waals surface area contributed by atoms with Crippen molar-refractivity contribution in [1.82, 2.24) is 5.32 Å². The van der Waals surface area contributed by atoms with Gasteiger partial charge in [-0.05, 0) is 17.7 Å². The third-order valence-corrected chi connectivity index (χ3v) is 2.68. The fourth-order valence-corrected chi connectivity index (χ4v) is 1.63. The maximum absolute atomic E-state index is 12.1. The van der Waals surface area contributed by atoms with Crippen molar-refractivity contribution >= 4 is 0 Å². The van der Waals surface area contributed by atoms with E-state index in [-0.39, 0.29) is 0 Å². The maximum atomic E-state index is 12.1. The summed E-state index contributed by atoms with van der Waals surface area (Å²) in [6.45, 7) is 1.42. The highest BCUT2D eigenvalue weighted by molar-refractivity contribution is 5.42. The molecule has 0 bridgehead atoms. The summed E-state index contributed by atoms with van der Waals surface area (Å²) in [5.74, 6) is 0.727. The number of hydrogen-bond acceptors (Lipinski definition) is 4. The Morgan fingerprint density at radius 1 is 1.10 bits per heavy atom. The molecule has 0 fully saturated rings. The molecule has 0 aromatic heterocycles. The van der Waals surface area contributed by atoms with Gasteiger partial charge >= 0.3 is 6.18 Å². The average Bonchev–Trinajstić information content (AvgIpc) is 2.42. The predicted octanol–water partition coefficient (Wildman–Crippen LogP) is 2.76. The van der Waals surface area contributed by atoms with Crippen LogP contribution in [0.1, 0.15) is 12.0 Å². The molecule has 0 amide bonds. The van der Waals surface area contributed by atoms with Crippen molar-refractivity contribution in [3.05, 3.63) is 23.8 Å². The quantitative estimate of drug-likeness (QED) is 0.712. The van der Waals surface area contributed by atoms with Crippen LogP contribution in [0.25, 0.3) is 0 Å². The number of benzene rings is 1. The Hall–Kier alpha value is -1.47. The zero-order valence-electron chi connectivity index (χ0n) is 12.1. The van der Waals surface area contributed by atoms with Gasteiger partial charge in [0.15, 0.2) is 11.5 Å². The molecule has 0 aliphatic carbocycles. The number of halogens is 3. The zero-order chi connectivity index (χ0) is 15.7. The lowest BCUT2D eigenvalue weighted by molar-refractivity contribution is -0.139. The summed E-state index contributed by atoms with van der Waals surface area (Å²) in [5.41, 5.74) is 0.897. The minimum absolute atomic E-state index is 0.313. The molecule has 0 spiro atoms. The molecule has 0 atom stereocenters. The van der Waals surface area contributed by atoms with E-state index >= 15 is 0 Å². The Kier molecular flexibility index (Phi) is 7.31. The lowest BCUT2D eigenvalue weighted by Gasteiger charge is -2.13. The van der Waals surface area contributed by atoms with Crippen LogP contribution in [0.4, 0.5) is 13.2 Å². The van der Waals surface area contributed by atoms with Gasteiger partial charge in [0.25, 0.3) is 0 Å². The molecule has 4 nitrogen and oxygen atoms in total. The largest absolute Gasteiger partial charge is 0.493 e. The van der Waals surface area contributed by atoms with Crippen LogP contribution < -0.4 is 14.8 Å². The minimum atomic E-state index is -4.23. The predicted molar refractivity (Wildman–Crippen MR) is 72.7 cm³/mol. The molecule has 0 radical (unpaired) electrons. The van der Waals surface area contributed by atoms with E-state index in [0.717, 1.165) is 5.56 Å². The van der Waals surface area contributed by atoms with Gasteiger partial charge in [-0.2, -0.15) is 13.2 Å². The number of nitrogens with one attached hydrogen (secondary N) is 1. The van der Waals surface area contributed by atoms with Crippen molar-refractivity contribution in [2.24, 2.45) is 0 Å². The Bertz CT molecular complexity index is 424. The second kappa shape index (κ2) is 8.74. The average molecular weight is 307 g/mol. The van der Waals surface area contributed by atoms with Gasteiger partial charge in [-0.1, -0.05) is 6.07 Å². The van der Waals surface area contributed by atoms with Gasteiger partial charge in [0.05, 0.1) is 26.7 Å². The van der Waals surface area contributed by atoms with Crippen molar-refractivity contribution in [2.45, 2.75) is 19.1 Å². The van der Waals surface area contributed by atoms with E-state index in [0.29, 0.717) is 31.2 Å². The normalized spacial score (nSPS) is 11.5. The van der Waals surface area contributed by atoms with Crippen molar-refractivity contribution in [2.75, 3.05) is 34.0 Å². The summed E-state index contributed by atoms with van der Waals surface area (Å²) in [5, 5.41) is 3.15. The summed E-state index contributed by atoms with van der Waals surface area (Å²) in [6, 6.07) is 5.18. The second-order valence-corrected chi connectivity index (χ2v) is 4.37. The first-order valence-corrected chi connectivity index (χ1v) is 6.52. The molecule has 1 aromatic rings. The van der Waals surface area contributed by atoms with E-state index < -0.39 is 19.2 Å². The number of alkyl halides is 3. The summed E-state index contributed by atoms with van der Waals surface area (Å²) in [6.07, 6.45) is -5.22. The Morgan fingerprint density at radius 3 is 2.48 bits per heavy atom. The first kappa shape index (κ1) is 17.6. The van der Waals surface area contributed by atoms with Crippen molar-refractivity contribution < 1.29 is 27.4 Å². The number of methoxy groups -OCH3 is 2. The Morgan fingerprint density at radius 2 is 1.86 bits per heavy atom. The standard InChI is InChI=1S/C14H20F3NO3/c1-19-8-6-18-10-11-3-4-12(20-2)13(9-11)21-7-5-14(15,16)17/h3-4,9,18H,5-8,10H2,1-2H3. The molecule has 1 aromatic carbocycles. The minimum Gasteiger partial charge on any atom is -0.493 e. The second-order valence-electron chi connectivity index (χ2n) is 4.37. The van der Waals surface area contributed by atoms with Crippen molar-refractivity contribution in [3.63, 3.8) is 0 Å². The molecule has 7 heteroatoms. The summed E-state index contributed by atoms with van der Waals surface area (Å²) < 4.78 is 51.5. The highest BCUT2D eigenvalue weighted by atomic mass is 19.4. The molecule has 0 saturated heterocycles. The van der Waals surface area contributed by atoms with Crippen LogP contribution in [0.15, 0.2) is 18.2 Å². The maximum Gasteiger partial charge on any atom is 0.392 e. The zero-order valence-corrected chi connectivity index (χ0v) is 12.1. The molecule has 120 valence electrons. The molecule has 0 aliphatic rings. The molecule has 0 unspecified atom stereocenters.